The van der Waals surface area contributed by atoms with E-state index in [0.29, 0.717) is 16.8 Å². The largest absolute Gasteiger partial charge is 0.381 e. The summed E-state index contributed by atoms with van der Waals surface area (Å²) < 4.78 is 25.6. The summed E-state index contributed by atoms with van der Waals surface area (Å²) in [5.74, 6) is 0. The molecule has 7 nitrogen and oxygen atoms in total. The van der Waals surface area contributed by atoms with Gasteiger partial charge in [-0.1, -0.05) is 17.7 Å². The Hall–Kier alpha value is -2.29. The van der Waals surface area contributed by atoms with E-state index < -0.39 is 10.0 Å². The van der Waals surface area contributed by atoms with E-state index in [1.54, 1.807) is 6.07 Å². The van der Waals surface area contributed by atoms with Gasteiger partial charge in [0.2, 0.25) is 10.0 Å². The average Bonchev–Trinajstić information content (AvgIpc) is 3.11. The van der Waals surface area contributed by atoms with Crippen LogP contribution in [-0.2, 0) is 16.6 Å². The fourth-order valence-corrected chi connectivity index (χ4v) is 4.58. The first-order chi connectivity index (χ1) is 13.9. The zero-order valence-corrected chi connectivity index (χ0v) is 17.7. The first-order valence-corrected chi connectivity index (χ1v) is 11.8. The zero-order valence-electron chi connectivity index (χ0n) is 16.2. The van der Waals surface area contributed by atoms with Crippen LogP contribution in [-0.4, -0.2) is 48.9 Å². The molecule has 0 unspecified atom stereocenters. The summed E-state index contributed by atoms with van der Waals surface area (Å²) in [5, 5.41) is 12.2. The number of sulfonamides is 1. The van der Waals surface area contributed by atoms with Gasteiger partial charge in [0.05, 0.1) is 28.7 Å². The fraction of sp³-hybridized carbons (Fsp3) is 0.350. The number of hydrogen-bond donors (Lipinski definition) is 3. The van der Waals surface area contributed by atoms with Gasteiger partial charge in [-0.05, 0) is 55.3 Å². The van der Waals surface area contributed by atoms with Crippen molar-refractivity contribution in [2.75, 3.05) is 29.4 Å². The number of hydrogen-bond acceptors (Lipinski definition) is 5. The molecule has 3 N–H and O–H groups in total. The molecule has 0 saturated carbocycles. The van der Waals surface area contributed by atoms with Crippen LogP contribution in [0.25, 0.3) is 10.9 Å². The van der Waals surface area contributed by atoms with Crippen LogP contribution < -0.4 is 10.0 Å². The molecule has 9 heteroatoms. The Morgan fingerprint density at radius 3 is 2.97 bits per heavy atom. The molecule has 154 valence electrons. The minimum atomic E-state index is -3.37. The second-order valence-electron chi connectivity index (χ2n) is 7.58. The molecule has 3 aromatic rings. The van der Waals surface area contributed by atoms with Crippen molar-refractivity contribution in [3.8, 4) is 0 Å². The van der Waals surface area contributed by atoms with Crippen molar-refractivity contribution < 1.29 is 8.42 Å². The van der Waals surface area contributed by atoms with Crippen molar-refractivity contribution in [3.63, 3.8) is 0 Å². The molecule has 0 bridgehead atoms. The van der Waals surface area contributed by atoms with E-state index in [4.69, 9.17) is 11.6 Å². The average molecular weight is 434 g/mol. The van der Waals surface area contributed by atoms with E-state index in [1.165, 1.54) is 0 Å². The van der Waals surface area contributed by atoms with Gasteiger partial charge in [0.1, 0.15) is 0 Å². The fourth-order valence-electron chi connectivity index (χ4n) is 3.79. The molecule has 1 fully saturated rings. The number of likely N-dealkylation sites (tertiary alicyclic amines) is 1. The molecular weight excluding hydrogens is 410 g/mol. The smallest absolute Gasteiger partial charge is 0.229 e. The third-order valence-corrected chi connectivity index (χ3v) is 5.97. The maximum absolute atomic E-state index is 11.5. The summed E-state index contributed by atoms with van der Waals surface area (Å²) in [6.07, 6.45) is 5.17. The van der Waals surface area contributed by atoms with Gasteiger partial charge in [-0.3, -0.25) is 14.7 Å². The zero-order chi connectivity index (χ0) is 20.4. The highest BCUT2D eigenvalue weighted by Gasteiger charge is 2.20. The SMILES string of the molecule is CS(=O)(=O)Nc1cc(CN2CCC[C@H](Nc3ccc4[nH]ncc4c3)C2)ccc1Cl. The number of benzene rings is 2. The monoisotopic (exact) mass is 433 g/mol. The molecule has 1 atom stereocenters. The molecular formula is C20H24ClN5O2S. The quantitative estimate of drug-likeness (QED) is 0.551. The molecule has 0 spiro atoms. The molecule has 4 rings (SSSR count). The van der Waals surface area contributed by atoms with Crippen LogP contribution in [0, 0.1) is 0 Å². The Balaban J connectivity index is 1.41. The van der Waals surface area contributed by atoms with Gasteiger partial charge in [-0.25, -0.2) is 8.42 Å². The van der Waals surface area contributed by atoms with Crippen molar-refractivity contribution in [1.29, 1.82) is 0 Å². The number of nitrogens with zero attached hydrogens (tertiary/aromatic N) is 2. The second-order valence-corrected chi connectivity index (χ2v) is 9.73. The Labute approximate surface area is 175 Å². The highest BCUT2D eigenvalue weighted by molar-refractivity contribution is 7.92. The highest BCUT2D eigenvalue weighted by atomic mass is 35.5. The Morgan fingerprint density at radius 2 is 2.14 bits per heavy atom. The number of fused-ring (bicyclic) bond motifs is 1. The number of rotatable bonds is 6. The first kappa shape index (κ1) is 20.0. The van der Waals surface area contributed by atoms with Crippen molar-refractivity contribution >= 4 is 43.9 Å². The van der Waals surface area contributed by atoms with Gasteiger partial charge in [0, 0.05) is 30.2 Å². The van der Waals surface area contributed by atoms with Crippen LogP contribution in [0.3, 0.4) is 0 Å². The van der Waals surface area contributed by atoms with Crippen LogP contribution in [0.4, 0.5) is 11.4 Å². The Bertz CT molecular complexity index is 1120. The summed E-state index contributed by atoms with van der Waals surface area (Å²) in [4.78, 5) is 2.38. The standard InChI is InChI=1S/C20H24ClN5O2S/c1-29(27,28)25-20-9-14(4-6-18(20)21)12-26-8-2-3-17(13-26)23-16-5-7-19-15(10-16)11-22-24-19/h4-7,9-11,17,23,25H,2-3,8,12-13H2,1H3,(H,22,24)/t17-/m0/s1. The summed E-state index contributed by atoms with van der Waals surface area (Å²) in [7, 11) is -3.37. The highest BCUT2D eigenvalue weighted by Crippen LogP contribution is 2.26. The molecule has 2 heterocycles. The van der Waals surface area contributed by atoms with E-state index in [2.05, 4.69) is 37.3 Å². The summed E-state index contributed by atoms with van der Waals surface area (Å²) in [6.45, 7) is 2.67. The van der Waals surface area contributed by atoms with Crippen LogP contribution in [0.1, 0.15) is 18.4 Å². The first-order valence-electron chi connectivity index (χ1n) is 9.54. The van der Waals surface area contributed by atoms with E-state index in [9.17, 15) is 8.42 Å². The summed E-state index contributed by atoms with van der Waals surface area (Å²) in [6, 6.07) is 12.1. The topological polar surface area (TPSA) is 90.1 Å². The lowest BCUT2D eigenvalue weighted by molar-refractivity contribution is 0.208. The van der Waals surface area contributed by atoms with Crippen molar-refractivity contribution in [3.05, 3.63) is 53.2 Å². The Kier molecular flexibility index (Phi) is 5.67. The molecule has 0 radical (unpaired) electrons. The van der Waals surface area contributed by atoms with Crippen LogP contribution in [0.15, 0.2) is 42.6 Å². The maximum atomic E-state index is 11.5. The second kappa shape index (κ2) is 8.22. The number of aromatic amines is 1. The predicted octanol–water partition coefficient (Wildman–Crippen LogP) is 3.66. The number of aromatic nitrogens is 2. The van der Waals surface area contributed by atoms with Crippen LogP contribution >= 0.6 is 11.6 Å². The lowest BCUT2D eigenvalue weighted by Crippen LogP contribution is -2.41. The minimum absolute atomic E-state index is 0.356. The predicted molar refractivity (Wildman–Crippen MR) is 118 cm³/mol. The maximum Gasteiger partial charge on any atom is 0.229 e. The Morgan fingerprint density at radius 1 is 1.28 bits per heavy atom. The third kappa shape index (κ3) is 5.20. The number of halogens is 1. The van der Waals surface area contributed by atoms with Crippen molar-refractivity contribution in [2.45, 2.75) is 25.4 Å². The van der Waals surface area contributed by atoms with E-state index in [1.807, 2.05) is 24.4 Å². The van der Waals surface area contributed by atoms with Gasteiger partial charge in [0.15, 0.2) is 0 Å². The number of anilines is 2. The lowest BCUT2D eigenvalue weighted by Gasteiger charge is -2.33. The molecule has 1 saturated heterocycles. The minimum Gasteiger partial charge on any atom is -0.381 e. The molecule has 29 heavy (non-hydrogen) atoms. The van der Waals surface area contributed by atoms with Crippen molar-refractivity contribution in [2.24, 2.45) is 0 Å². The van der Waals surface area contributed by atoms with Gasteiger partial charge < -0.3 is 5.32 Å². The molecule has 0 amide bonds. The molecule has 1 aliphatic rings. The van der Waals surface area contributed by atoms with Crippen molar-refractivity contribution in [1.82, 2.24) is 15.1 Å². The molecule has 0 aliphatic carbocycles. The third-order valence-electron chi connectivity index (χ3n) is 5.05. The number of H-pyrrole nitrogens is 1. The van der Waals surface area contributed by atoms with Crippen LogP contribution in [0.5, 0.6) is 0 Å². The van der Waals surface area contributed by atoms with Gasteiger partial charge in [0.25, 0.3) is 0 Å². The molecule has 1 aliphatic heterocycles. The van der Waals surface area contributed by atoms with Crippen LogP contribution in [0.2, 0.25) is 5.02 Å². The van der Waals surface area contributed by atoms with Gasteiger partial charge >= 0.3 is 0 Å². The summed E-state index contributed by atoms with van der Waals surface area (Å²) >= 11 is 6.13. The molecule has 2 aromatic carbocycles. The summed E-state index contributed by atoms with van der Waals surface area (Å²) in [5.41, 5.74) is 3.58. The van der Waals surface area contributed by atoms with E-state index >= 15 is 0 Å². The lowest BCUT2D eigenvalue weighted by atomic mass is 10.0. The van der Waals surface area contributed by atoms with Gasteiger partial charge in [-0.2, -0.15) is 5.10 Å². The van der Waals surface area contributed by atoms with Gasteiger partial charge in [-0.15, -0.1) is 0 Å². The van der Waals surface area contributed by atoms with E-state index in [0.717, 1.165) is 60.9 Å². The normalized spacial score (nSPS) is 18.1. The number of nitrogens with one attached hydrogen (secondary N) is 3. The molecule has 1 aromatic heterocycles. The number of piperidine rings is 1. The van der Waals surface area contributed by atoms with E-state index in [-0.39, 0.29) is 0 Å².